The van der Waals surface area contributed by atoms with Crippen molar-refractivity contribution < 1.29 is 19.1 Å². The van der Waals surface area contributed by atoms with E-state index in [-0.39, 0.29) is 11.7 Å². The fraction of sp³-hybridized carbons (Fsp3) is 0.538. The minimum absolute atomic E-state index is 0.0185. The van der Waals surface area contributed by atoms with Crippen molar-refractivity contribution in [1.29, 1.82) is 0 Å². The van der Waals surface area contributed by atoms with Crippen LogP contribution in [-0.2, 0) is 11.3 Å². The zero-order chi connectivity index (χ0) is 13.4. The first-order valence-corrected chi connectivity index (χ1v) is 6.46. The number of piperazine rings is 1. The average molecular weight is 264 g/mol. The molecule has 2 aliphatic rings. The summed E-state index contributed by atoms with van der Waals surface area (Å²) >= 11 is 0. The molecule has 2 saturated heterocycles. The number of fused-ring (bicyclic) bond motifs is 1. The maximum atomic E-state index is 11.6. The number of amides is 1. The molecule has 0 radical (unpaired) electrons. The molecule has 0 spiro atoms. The van der Waals surface area contributed by atoms with E-state index in [2.05, 4.69) is 4.90 Å². The topological polar surface area (TPSA) is 74.0 Å². The van der Waals surface area contributed by atoms with Crippen LogP contribution in [0, 0.1) is 0 Å². The number of furan rings is 1. The molecule has 0 bridgehead atoms. The predicted octanol–water partition coefficient (Wildman–Crippen LogP) is 0.784. The molecule has 1 aromatic heterocycles. The fourth-order valence-corrected chi connectivity index (χ4v) is 2.96. The number of hydrogen-bond donors (Lipinski definition) is 1. The Morgan fingerprint density at radius 3 is 3.11 bits per heavy atom. The summed E-state index contributed by atoms with van der Waals surface area (Å²) in [6.45, 7) is 2.91. The normalized spacial score (nSPS) is 23.7. The smallest absolute Gasteiger partial charge is 0.372 e. The summed E-state index contributed by atoms with van der Waals surface area (Å²) < 4.78 is 4.98. The predicted molar refractivity (Wildman–Crippen MR) is 65.7 cm³/mol. The molecule has 6 heteroatoms. The number of carboxylic acids is 1. The van der Waals surface area contributed by atoms with Gasteiger partial charge in [-0.05, 0) is 12.5 Å². The summed E-state index contributed by atoms with van der Waals surface area (Å²) in [5, 5.41) is 9.00. The van der Waals surface area contributed by atoms with Crippen molar-refractivity contribution in [2.45, 2.75) is 25.4 Å². The van der Waals surface area contributed by atoms with Gasteiger partial charge >= 0.3 is 5.97 Å². The maximum Gasteiger partial charge on any atom is 0.372 e. The van der Waals surface area contributed by atoms with Gasteiger partial charge in [-0.1, -0.05) is 0 Å². The molecule has 1 unspecified atom stereocenters. The molecule has 19 heavy (non-hydrogen) atoms. The maximum absolute atomic E-state index is 11.6. The Morgan fingerprint density at radius 2 is 2.32 bits per heavy atom. The van der Waals surface area contributed by atoms with E-state index >= 15 is 0 Å². The first-order valence-electron chi connectivity index (χ1n) is 6.46. The zero-order valence-corrected chi connectivity index (χ0v) is 10.5. The molecular weight excluding hydrogens is 248 g/mol. The number of nitrogens with zero attached hydrogens (tertiary/aromatic N) is 2. The molecule has 1 N–H and O–H groups in total. The zero-order valence-electron chi connectivity index (χ0n) is 10.5. The lowest BCUT2D eigenvalue weighted by Gasteiger charge is -2.37. The van der Waals surface area contributed by atoms with Crippen molar-refractivity contribution >= 4 is 11.9 Å². The molecule has 6 nitrogen and oxygen atoms in total. The quantitative estimate of drug-likeness (QED) is 0.873. The van der Waals surface area contributed by atoms with Crippen LogP contribution in [0.2, 0.25) is 0 Å². The van der Waals surface area contributed by atoms with Crippen molar-refractivity contribution in [3.8, 4) is 0 Å². The van der Waals surface area contributed by atoms with Crippen LogP contribution in [0.3, 0.4) is 0 Å². The first kappa shape index (κ1) is 12.2. The molecule has 2 aliphatic heterocycles. The second kappa shape index (κ2) is 4.70. The van der Waals surface area contributed by atoms with Gasteiger partial charge in [0.2, 0.25) is 11.7 Å². The van der Waals surface area contributed by atoms with E-state index in [9.17, 15) is 9.59 Å². The van der Waals surface area contributed by atoms with Gasteiger partial charge in [0.15, 0.2) is 0 Å². The highest BCUT2D eigenvalue weighted by Gasteiger charge is 2.35. The molecule has 1 aromatic rings. The SMILES string of the molecule is O=C(O)c1occc1CN1CCN2C(=O)CCC2C1. The summed E-state index contributed by atoms with van der Waals surface area (Å²) in [4.78, 5) is 26.7. The molecule has 1 atom stereocenters. The molecule has 2 fully saturated rings. The third-order valence-corrected chi connectivity index (χ3v) is 3.91. The van der Waals surface area contributed by atoms with Crippen LogP contribution in [0.5, 0.6) is 0 Å². The molecule has 1 amide bonds. The van der Waals surface area contributed by atoms with Gasteiger partial charge in [-0.15, -0.1) is 0 Å². The van der Waals surface area contributed by atoms with Crippen LogP contribution in [-0.4, -0.2) is 52.5 Å². The number of rotatable bonds is 3. The summed E-state index contributed by atoms with van der Waals surface area (Å²) in [5.74, 6) is -0.765. The van der Waals surface area contributed by atoms with Gasteiger partial charge in [0.05, 0.1) is 6.26 Å². The monoisotopic (exact) mass is 264 g/mol. The Balaban J connectivity index is 1.67. The Kier molecular flexibility index (Phi) is 3.02. The van der Waals surface area contributed by atoms with E-state index in [1.54, 1.807) is 6.07 Å². The van der Waals surface area contributed by atoms with E-state index in [1.165, 1.54) is 6.26 Å². The Labute approximate surface area is 110 Å². The van der Waals surface area contributed by atoms with Gasteiger partial charge in [0, 0.05) is 44.2 Å². The largest absolute Gasteiger partial charge is 0.475 e. The van der Waals surface area contributed by atoms with E-state index in [1.807, 2.05) is 4.90 Å². The lowest BCUT2D eigenvalue weighted by atomic mass is 10.1. The van der Waals surface area contributed by atoms with Gasteiger partial charge in [-0.25, -0.2) is 4.79 Å². The average Bonchev–Trinajstić information content (AvgIpc) is 2.97. The molecule has 3 heterocycles. The van der Waals surface area contributed by atoms with E-state index in [0.29, 0.717) is 24.6 Å². The fourth-order valence-electron chi connectivity index (χ4n) is 2.96. The molecule has 0 aliphatic carbocycles. The second-order valence-electron chi connectivity index (χ2n) is 5.09. The van der Waals surface area contributed by atoms with Crippen LogP contribution < -0.4 is 0 Å². The van der Waals surface area contributed by atoms with Gasteiger partial charge < -0.3 is 14.4 Å². The van der Waals surface area contributed by atoms with Gasteiger partial charge in [-0.3, -0.25) is 9.69 Å². The van der Waals surface area contributed by atoms with Crippen LogP contribution in [0.25, 0.3) is 0 Å². The minimum Gasteiger partial charge on any atom is -0.475 e. The molecular formula is C13H16N2O4. The summed E-state index contributed by atoms with van der Waals surface area (Å²) in [6, 6.07) is 2.00. The van der Waals surface area contributed by atoms with Gasteiger partial charge in [0.25, 0.3) is 0 Å². The third kappa shape index (κ3) is 2.23. The van der Waals surface area contributed by atoms with Crippen LogP contribution in [0.4, 0.5) is 0 Å². The van der Waals surface area contributed by atoms with Crippen molar-refractivity contribution in [1.82, 2.24) is 9.80 Å². The third-order valence-electron chi connectivity index (χ3n) is 3.91. The Morgan fingerprint density at radius 1 is 1.47 bits per heavy atom. The van der Waals surface area contributed by atoms with Gasteiger partial charge in [-0.2, -0.15) is 0 Å². The van der Waals surface area contributed by atoms with Gasteiger partial charge in [0.1, 0.15) is 0 Å². The van der Waals surface area contributed by atoms with Crippen molar-refractivity contribution in [2.75, 3.05) is 19.6 Å². The van der Waals surface area contributed by atoms with E-state index < -0.39 is 5.97 Å². The lowest BCUT2D eigenvalue weighted by molar-refractivity contribution is -0.130. The van der Waals surface area contributed by atoms with E-state index in [0.717, 1.165) is 26.1 Å². The summed E-state index contributed by atoms with van der Waals surface area (Å²) in [6.07, 6.45) is 2.96. The van der Waals surface area contributed by atoms with E-state index in [4.69, 9.17) is 9.52 Å². The van der Waals surface area contributed by atoms with Crippen molar-refractivity contribution in [3.63, 3.8) is 0 Å². The highest BCUT2D eigenvalue weighted by atomic mass is 16.4. The number of carbonyl (C=O) groups is 2. The van der Waals surface area contributed by atoms with Crippen LogP contribution in [0.15, 0.2) is 16.7 Å². The highest BCUT2D eigenvalue weighted by molar-refractivity contribution is 5.86. The van der Waals surface area contributed by atoms with Crippen molar-refractivity contribution in [2.24, 2.45) is 0 Å². The lowest BCUT2D eigenvalue weighted by Crippen LogP contribution is -2.51. The number of hydrogen-bond acceptors (Lipinski definition) is 4. The minimum atomic E-state index is -1.03. The van der Waals surface area contributed by atoms with Crippen LogP contribution >= 0.6 is 0 Å². The van der Waals surface area contributed by atoms with Crippen LogP contribution in [0.1, 0.15) is 29.0 Å². The molecule has 102 valence electrons. The number of carboxylic acid groups (broad SMARTS) is 1. The first-order chi connectivity index (χ1) is 9.15. The molecule has 0 saturated carbocycles. The summed E-state index contributed by atoms with van der Waals surface area (Å²) in [5.41, 5.74) is 0.699. The Bertz CT molecular complexity index is 510. The standard InChI is InChI=1S/C13H16N2O4/c16-11-2-1-10-8-14(4-5-15(10)11)7-9-3-6-19-12(9)13(17)18/h3,6,10H,1-2,4-5,7-8H2,(H,17,18). The highest BCUT2D eigenvalue weighted by Crippen LogP contribution is 2.24. The molecule has 0 aromatic carbocycles. The number of aromatic carboxylic acids is 1. The summed E-state index contributed by atoms with van der Waals surface area (Å²) in [7, 11) is 0. The number of carbonyl (C=O) groups excluding carboxylic acids is 1. The second-order valence-corrected chi connectivity index (χ2v) is 5.09. The Hall–Kier alpha value is -1.82. The molecule has 3 rings (SSSR count). The van der Waals surface area contributed by atoms with Crippen molar-refractivity contribution in [3.05, 3.63) is 23.7 Å².